The molecule has 14 heavy (non-hydrogen) atoms. The fraction of sp³-hybridized carbons (Fsp3) is 0.444. The van der Waals surface area contributed by atoms with E-state index in [1.165, 1.54) is 11.8 Å². The van der Waals surface area contributed by atoms with Crippen molar-refractivity contribution < 1.29 is 9.90 Å². The Hall–Kier alpha value is -1.10. The number of carboxylic acids is 1. The Balaban J connectivity index is 2.98. The van der Waals surface area contributed by atoms with Crippen molar-refractivity contribution in [3.8, 4) is 0 Å². The van der Waals surface area contributed by atoms with Gasteiger partial charge in [-0.2, -0.15) is 0 Å². The van der Waals surface area contributed by atoms with Crippen LogP contribution in [0.25, 0.3) is 0 Å². The zero-order valence-electron chi connectivity index (χ0n) is 8.15. The molecule has 1 heterocycles. The molecule has 0 amide bonds. The number of carbonyl (C=O) groups is 1. The van der Waals surface area contributed by atoms with Crippen LogP contribution in [-0.4, -0.2) is 27.3 Å². The fourth-order valence-electron chi connectivity index (χ4n) is 1.06. The molecule has 0 bridgehead atoms. The van der Waals surface area contributed by atoms with Gasteiger partial charge in [-0.3, -0.25) is 4.79 Å². The number of nitrogens with zero attached hydrogens (tertiary/aromatic N) is 2. The summed E-state index contributed by atoms with van der Waals surface area (Å²) in [6.07, 6.45) is 4.24. The highest BCUT2D eigenvalue weighted by Crippen LogP contribution is 2.17. The van der Waals surface area contributed by atoms with Crippen molar-refractivity contribution in [2.45, 2.75) is 24.8 Å². The summed E-state index contributed by atoms with van der Waals surface area (Å²) >= 11 is 1.45. The smallest absolute Gasteiger partial charge is 0.307 e. The van der Waals surface area contributed by atoms with Crippen LogP contribution >= 0.6 is 11.8 Å². The molecule has 4 nitrogen and oxygen atoms in total. The van der Waals surface area contributed by atoms with Crippen LogP contribution in [-0.2, 0) is 17.6 Å². The molecule has 1 aromatic heterocycles. The van der Waals surface area contributed by atoms with Gasteiger partial charge in [0.1, 0.15) is 10.9 Å². The number of hydrogen-bond acceptors (Lipinski definition) is 4. The van der Waals surface area contributed by atoms with Crippen LogP contribution in [0.5, 0.6) is 0 Å². The number of aromatic nitrogens is 2. The quantitative estimate of drug-likeness (QED) is 0.603. The van der Waals surface area contributed by atoms with Gasteiger partial charge in [0.15, 0.2) is 0 Å². The molecule has 1 rings (SSSR count). The molecule has 0 aliphatic heterocycles. The average Bonchev–Trinajstić information content (AvgIpc) is 2.17. The first-order chi connectivity index (χ1) is 6.67. The number of thioether (sulfide) groups is 1. The van der Waals surface area contributed by atoms with Crippen LogP contribution in [0.3, 0.4) is 0 Å². The maximum absolute atomic E-state index is 10.5. The summed E-state index contributed by atoms with van der Waals surface area (Å²) in [5.41, 5.74) is 0.683. The highest BCUT2D eigenvalue weighted by Gasteiger charge is 2.08. The summed E-state index contributed by atoms with van der Waals surface area (Å²) in [5, 5.41) is 9.41. The number of carboxylic acid groups (broad SMARTS) is 1. The lowest BCUT2D eigenvalue weighted by molar-refractivity contribution is -0.136. The lowest BCUT2D eigenvalue weighted by Crippen LogP contribution is -2.05. The molecule has 0 radical (unpaired) electrons. The van der Waals surface area contributed by atoms with E-state index in [9.17, 15) is 4.79 Å². The average molecular weight is 212 g/mol. The van der Waals surface area contributed by atoms with E-state index in [-0.39, 0.29) is 6.42 Å². The molecule has 0 atom stereocenters. The predicted octanol–water partition coefficient (Wildman–Crippen LogP) is 1.39. The lowest BCUT2D eigenvalue weighted by atomic mass is 10.2. The summed E-state index contributed by atoms with van der Waals surface area (Å²) in [6.45, 7) is 1.97. The van der Waals surface area contributed by atoms with Crippen molar-refractivity contribution in [2.75, 3.05) is 6.26 Å². The van der Waals surface area contributed by atoms with E-state index >= 15 is 0 Å². The number of aryl methyl sites for hydroxylation is 1. The molecule has 0 spiro atoms. The van der Waals surface area contributed by atoms with E-state index in [1.54, 1.807) is 6.20 Å². The second-order valence-electron chi connectivity index (χ2n) is 2.74. The molecule has 5 heteroatoms. The monoisotopic (exact) mass is 212 g/mol. The summed E-state index contributed by atoms with van der Waals surface area (Å²) < 4.78 is 0. The maximum Gasteiger partial charge on any atom is 0.307 e. The van der Waals surface area contributed by atoms with Crippen molar-refractivity contribution in [2.24, 2.45) is 0 Å². The maximum atomic E-state index is 10.5. The Morgan fingerprint density at radius 3 is 2.86 bits per heavy atom. The Bertz CT molecular complexity index is 342. The normalized spacial score (nSPS) is 10.1. The molecule has 0 fully saturated rings. The summed E-state index contributed by atoms with van der Waals surface area (Å²) in [7, 11) is 0. The molecule has 76 valence electrons. The molecule has 1 aromatic rings. The van der Waals surface area contributed by atoms with Crippen LogP contribution in [0.1, 0.15) is 18.3 Å². The van der Waals surface area contributed by atoms with Crippen molar-refractivity contribution in [1.29, 1.82) is 0 Å². The largest absolute Gasteiger partial charge is 0.481 e. The summed E-state index contributed by atoms with van der Waals surface area (Å²) in [5.74, 6) is -0.100. The SMILES string of the molecule is CCc1ncc(CC(=O)O)c(SC)n1. The number of rotatable bonds is 4. The van der Waals surface area contributed by atoms with Crippen molar-refractivity contribution >= 4 is 17.7 Å². The first-order valence-corrected chi connectivity index (χ1v) is 5.50. The molecule has 0 saturated carbocycles. The van der Waals surface area contributed by atoms with Gasteiger partial charge < -0.3 is 5.11 Å². The molecule has 0 unspecified atom stereocenters. The zero-order valence-corrected chi connectivity index (χ0v) is 8.97. The summed E-state index contributed by atoms with van der Waals surface area (Å²) in [4.78, 5) is 18.8. The third kappa shape index (κ3) is 2.70. The van der Waals surface area contributed by atoms with Gasteiger partial charge in [-0.15, -0.1) is 11.8 Å². The van der Waals surface area contributed by atoms with Crippen LogP contribution in [0, 0.1) is 0 Å². The third-order valence-corrected chi connectivity index (χ3v) is 2.47. The van der Waals surface area contributed by atoms with E-state index < -0.39 is 5.97 Å². The second kappa shape index (κ2) is 4.95. The van der Waals surface area contributed by atoms with Crippen molar-refractivity contribution in [1.82, 2.24) is 9.97 Å². The first-order valence-electron chi connectivity index (χ1n) is 4.28. The topological polar surface area (TPSA) is 63.1 Å². The van der Waals surface area contributed by atoms with Gasteiger partial charge >= 0.3 is 5.97 Å². The van der Waals surface area contributed by atoms with E-state index in [2.05, 4.69) is 9.97 Å². The molecular weight excluding hydrogens is 200 g/mol. The van der Waals surface area contributed by atoms with Gasteiger partial charge in [-0.25, -0.2) is 9.97 Å². The number of aliphatic carboxylic acids is 1. The Morgan fingerprint density at radius 2 is 2.36 bits per heavy atom. The second-order valence-corrected chi connectivity index (χ2v) is 3.54. The van der Waals surface area contributed by atoms with Gasteiger partial charge in [-0.05, 0) is 6.26 Å². The van der Waals surface area contributed by atoms with Crippen LogP contribution in [0.2, 0.25) is 0 Å². The Morgan fingerprint density at radius 1 is 1.64 bits per heavy atom. The summed E-state index contributed by atoms with van der Waals surface area (Å²) in [6, 6.07) is 0. The first kappa shape index (κ1) is 11.0. The highest BCUT2D eigenvalue weighted by atomic mass is 32.2. The van der Waals surface area contributed by atoms with Gasteiger partial charge in [-0.1, -0.05) is 6.92 Å². The van der Waals surface area contributed by atoms with Crippen molar-refractivity contribution in [3.63, 3.8) is 0 Å². The molecular formula is C9H12N2O2S. The standard InChI is InChI=1S/C9H12N2O2S/c1-3-7-10-5-6(4-8(12)13)9(11-7)14-2/h5H,3-4H2,1-2H3,(H,12,13). The Labute approximate surface area is 86.8 Å². The highest BCUT2D eigenvalue weighted by molar-refractivity contribution is 7.98. The molecule has 0 aromatic carbocycles. The fourth-order valence-corrected chi connectivity index (χ4v) is 1.64. The van der Waals surface area contributed by atoms with Crippen LogP contribution in [0.4, 0.5) is 0 Å². The zero-order chi connectivity index (χ0) is 10.6. The van der Waals surface area contributed by atoms with Gasteiger partial charge in [0.25, 0.3) is 0 Å². The van der Waals surface area contributed by atoms with Crippen LogP contribution < -0.4 is 0 Å². The van der Waals surface area contributed by atoms with Crippen LogP contribution in [0.15, 0.2) is 11.2 Å². The predicted molar refractivity (Wildman–Crippen MR) is 54.5 cm³/mol. The minimum atomic E-state index is -0.854. The van der Waals surface area contributed by atoms with E-state index in [1.807, 2.05) is 13.2 Å². The van der Waals surface area contributed by atoms with E-state index in [4.69, 9.17) is 5.11 Å². The minimum Gasteiger partial charge on any atom is -0.481 e. The number of hydrogen-bond donors (Lipinski definition) is 1. The molecule has 0 aliphatic rings. The molecule has 1 N–H and O–H groups in total. The van der Waals surface area contributed by atoms with E-state index in [0.29, 0.717) is 5.56 Å². The molecule has 0 saturated heterocycles. The van der Waals surface area contributed by atoms with Crippen molar-refractivity contribution in [3.05, 3.63) is 17.6 Å². The molecule has 0 aliphatic carbocycles. The minimum absolute atomic E-state index is 0.0137. The van der Waals surface area contributed by atoms with Gasteiger partial charge in [0, 0.05) is 18.2 Å². The third-order valence-electron chi connectivity index (χ3n) is 1.73. The van der Waals surface area contributed by atoms with Gasteiger partial charge in [0.05, 0.1) is 6.42 Å². The van der Waals surface area contributed by atoms with E-state index in [0.717, 1.165) is 17.3 Å². The Kier molecular flexibility index (Phi) is 3.88. The lowest BCUT2D eigenvalue weighted by Gasteiger charge is -2.04. The van der Waals surface area contributed by atoms with Gasteiger partial charge in [0.2, 0.25) is 0 Å².